The SMILES string of the molecule is CCNC(=NCCCNc1ccccc1)NC1CCN(c2ncccc2Cl)C1. The van der Waals surface area contributed by atoms with Gasteiger partial charge in [0.2, 0.25) is 0 Å². The van der Waals surface area contributed by atoms with E-state index in [9.17, 15) is 0 Å². The highest BCUT2D eigenvalue weighted by Gasteiger charge is 2.25. The van der Waals surface area contributed by atoms with Gasteiger partial charge in [0.05, 0.1) is 5.02 Å². The van der Waals surface area contributed by atoms with Crippen molar-refractivity contribution < 1.29 is 0 Å². The minimum Gasteiger partial charge on any atom is -0.385 e. The Morgan fingerprint density at radius 2 is 2.11 bits per heavy atom. The van der Waals surface area contributed by atoms with Crippen LogP contribution in [-0.4, -0.2) is 49.7 Å². The highest BCUT2D eigenvalue weighted by atomic mass is 35.5. The number of guanidine groups is 1. The van der Waals surface area contributed by atoms with E-state index in [0.717, 1.165) is 63.0 Å². The monoisotopic (exact) mass is 400 g/mol. The highest BCUT2D eigenvalue weighted by Crippen LogP contribution is 2.25. The molecule has 0 radical (unpaired) electrons. The molecule has 0 saturated carbocycles. The Labute approximate surface area is 172 Å². The van der Waals surface area contributed by atoms with Crippen LogP contribution in [0.1, 0.15) is 19.8 Å². The smallest absolute Gasteiger partial charge is 0.191 e. The number of rotatable bonds is 8. The molecule has 1 aliphatic rings. The quantitative estimate of drug-likeness (QED) is 0.360. The maximum atomic E-state index is 6.28. The zero-order valence-electron chi connectivity index (χ0n) is 16.4. The zero-order chi connectivity index (χ0) is 19.6. The van der Waals surface area contributed by atoms with Crippen LogP contribution >= 0.6 is 11.6 Å². The Morgan fingerprint density at radius 3 is 2.89 bits per heavy atom. The van der Waals surface area contributed by atoms with E-state index in [-0.39, 0.29) is 0 Å². The van der Waals surface area contributed by atoms with Crippen molar-refractivity contribution in [2.24, 2.45) is 4.99 Å². The molecule has 6 nitrogen and oxygen atoms in total. The van der Waals surface area contributed by atoms with Crippen LogP contribution in [0.2, 0.25) is 5.02 Å². The lowest BCUT2D eigenvalue weighted by Crippen LogP contribution is -2.44. The molecule has 0 bridgehead atoms. The van der Waals surface area contributed by atoms with Crippen LogP contribution in [0.15, 0.2) is 53.7 Å². The first kappa shape index (κ1) is 20.3. The number of halogens is 1. The molecule has 1 aromatic heterocycles. The van der Waals surface area contributed by atoms with Crippen LogP contribution in [0.3, 0.4) is 0 Å². The normalized spacial score (nSPS) is 16.9. The summed E-state index contributed by atoms with van der Waals surface area (Å²) in [5.74, 6) is 1.74. The summed E-state index contributed by atoms with van der Waals surface area (Å²) in [6.45, 7) is 6.42. The number of aliphatic imine (C=N–C) groups is 1. The second-order valence-electron chi connectivity index (χ2n) is 6.79. The van der Waals surface area contributed by atoms with Gasteiger partial charge in [-0.05, 0) is 44.0 Å². The number of nitrogens with one attached hydrogen (secondary N) is 3. The molecule has 28 heavy (non-hydrogen) atoms. The van der Waals surface area contributed by atoms with Crippen molar-refractivity contribution in [1.29, 1.82) is 0 Å². The van der Waals surface area contributed by atoms with E-state index >= 15 is 0 Å². The molecule has 1 aromatic carbocycles. The van der Waals surface area contributed by atoms with Gasteiger partial charge in [0.15, 0.2) is 5.96 Å². The van der Waals surface area contributed by atoms with Crippen LogP contribution < -0.4 is 20.9 Å². The molecule has 0 amide bonds. The molecule has 2 aromatic rings. The maximum absolute atomic E-state index is 6.28. The van der Waals surface area contributed by atoms with Crippen molar-refractivity contribution in [3.8, 4) is 0 Å². The molecule has 1 unspecified atom stereocenters. The molecule has 1 saturated heterocycles. The molecule has 7 heteroatoms. The van der Waals surface area contributed by atoms with Crippen molar-refractivity contribution in [2.45, 2.75) is 25.8 Å². The van der Waals surface area contributed by atoms with Gasteiger partial charge in [-0.3, -0.25) is 4.99 Å². The second kappa shape index (κ2) is 10.8. The molecule has 150 valence electrons. The molecule has 1 aliphatic heterocycles. The summed E-state index contributed by atoms with van der Waals surface area (Å²) >= 11 is 6.28. The third kappa shape index (κ3) is 6.02. The first-order chi connectivity index (χ1) is 13.8. The molecule has 3 N–H and O–H groups in total. The maximum Gasteiger partial charge on any atom is 0.191 e. The average molecular weight is 401 g/mol. The molecule has 2 heterocycles. The topological polar surface area (TPSA) is 64.6 Å². The number of hydrogen-bond acceptors (Lipinski definition) is 4. The fourth-order valence-corrected chi connectivity index (χ4v) is 3.49. The summed E-state index contributed by atoms with van der Waals surface area (Å²) in [7, 11) is 0. The van der Waals surface area contributed by atoms with Crippen LogP contribution in [-0.2, 0) is 0 Å². The van der Waals surface area contributed by atoms with E-state index in [1.54, 1.807) is 6.20 Å². The average Bonchev–Trinajstić information content (AvgIpc) is 3.17. The summed E-state index contributed by atoms with van der Waals surface area (Å²) in [6, 6.07) is 14.3. The van der Waals surface area contributed by atoms with Crippen molar-refractivity contribution >= 4 is 29.1 Å². The predicted molar refractivity (Wildman–Crippen MR) is 119 cm³/mol. The van der Waals surface area contributed by atoms with E-state index in [0.29, 0.717) is 11.1 Å². The Bertz CT molecular complexity index is 752. The second-order valence-corrected chi connectivity index (χ2v) is 7.20. The first-order valence-electron chi connectivity index (χ1n) is 9.95. The number of pyridine rings is 1. The Kier molecular flexibility index (Phi) is 7.79. The van der Waals surface area contributed by atoms with Crippen molar-refractivity contribution in [3.63, 3.8) is 0 Å². The van der Waals surface area contributed by atoms with Crippen LogP contribution in [0.25, 0.3) is 0 Å². The Morgan fingerprint density at radius 1 is 1.25 bits per heavy atom. The molecule has 3 rings (SSSR count). The van der Waals surface area contributed by atoms with Crippen molar-refractivity contribution in [1.82, 2.24) is 15.6 Å². The van der Waals surface area contributed by atoms with Crippen LogP contribution in [0.5, 0.6) is 0 Å². The fraction of sp³-hybridized carbons (Fsp3) is 0.429. The van der Waals surface area contributed by atoms with Gasteiger partial charge < -0.3 is 20.9 Å². The van der Waals surface area contributed by atoms with Gasteiger partial charge in [-0.25, -0.2) is 4.98 Å². The summed E-state index contributed by atoms with van der Waals surface area (Å²) in [5.41, 5.74) is 1.15. The van der Waals surface area contributed by atoms with Gasteiger partial charge in [-0.2, -0.15) is 0 Å². The Balaban J connectivity index is 1.45. The minimum absolute atomic E-state index is 0.332. The number of para-hydroxylation sites is 1. The fourth-order valence-electron chi connectivity index (χ4n) is 3.25. The van der Waals surface area contributed by atoms with E-state index in [1.165, 1.54) is 0 Å². The van der Waals surface area contributed by atoms with Gasteiger partial charge in [0, 0.05) is 50.6 Å². The predicted octanol–water partition coefficient (Wildman–Crippen LogP) is 3.37. The van der Waals surface area contributed by atoms with Gasteiger partial charge >= 0.3 is 0 Å². The van der Waals surface area contributed by atoms with Crippen LogP contribution in [0.4, 0.5) is 11.5 Å². The molecular formula is C21H29ClN6. The highest BCUT2D eigenvalue weighted by molar-refractivity contribution is 6.32. The zero-order valence-corrected chi connectivity index (χ0v) is 17.1. The van der Waals surface area contributed by atoms with Gasteiger partial charge in [-0.15, -0.1) is 0 Å². The number of hydrogen-bond donors (Lipinski definition) is 3. The van der Waals surface area contributed by atoms with E-state index < -0.39 is 0 Å². The molecule has 0 spiro atoms. The Hall–Kier alpha value is -2.47. The van der Waals surface area contributed by atoms with Crippen LogP contribution in [0, 0.1) is 0 Å². The minimum atomic E-state index is 0.332. The molecule has 0 aliphatic carbocycles. The lowest BCUT2D eigenvalue weighted by Gasteiger charge is -2.20. The summed E-state index contributed by atoms with van der Waals surface area (Å²) in [5, 5.41) is 11.0. The number of benzene rings is 1. The van der Waals surface area contributed by atoms with E-state index in [4.69, 9.17) is 16.6 Å². The molecular weight excluding hydrogens is 372 g/mol. The molecule has 1 atom stereocenters. The third-order valence-electron chi connectivity index (χ3n) is 4.62. The lowest BCUT2D eigenvalue weighted by molar-refractivity contribution is 0.648. The largest absolute Gasteiger partial charge is 0.385 e. The summed E-state index contributed by atoms with van der Waals surface area (Å²) in [6.07, 6.45) is 3.80. The van der Waals surface area contributed by atoms with Crippen molar-refractivity contribution in [2.75, 3.05) is 42.9 Å². The third-order valence-corrected chi connectivity index (χ3v) is 4.91. The first-order valence-corrected chi connectivity index (χ1v) is 10.3. The summed E-state index contributed by atoms with van der Waals surface area (Å²) < 4.78 is 0. The van der Waals surface area contributed by atoms with Gasteiger partial charge in [0.1, 0.15) is 5.82 Å². The number of nitrogens with zero attached hydrogens (tertiary/aromatic N) is 3. The number of anilines is 2. The van der Waals surface area contributed by atoms with Gasteiger partial charge in [-0.1, -0.05) is 29.8 Å². The van der Waals surface area contributed by atoms with E-state index in [1.807, 2.05) is 30.3 Å². The van der Waals surface area contributed by atoms with Gasteiger partial charge in [0.25, 0.3) is 0 Å². The summed E-state index contributed by atoms with van der Waals surface area (Å²) in [4.78, 5) is 11.4. The lowest BCUT2D eigenvalue weighted by atomic mass is 10.3. The number of aromatic nitrogens is 1. The molecule has 1 fully saturated rings. The van der Waals surface area contributed by atoms with Crippen molar-refractivity contribution in [3.05, 3.63) is 53.7 Å². The van der Waals surface area contributed by atoms with E-state index in [2.05, 4.69) is 44.9 Å². The standard InChI is InChI=1S/C21H29ClN6/c1-2-23-21(26-14-7-13-24-17-8-4-3-5-9-17)27-18-11-15-28(16-18)20-19(22)10-6-12-25-20/h3-6,8-10,12,18,24H,2,7,11,13-16H2,1H3,(H2,23,26,27).